The van der Waals surface area contributed by atoms with Gasteiger partial charge in [0, 0.05) is 0 Å². The van der Waals surface area contributed by atoms with Crippen molar-refractivity contribution in [3.63, 3.8) is 0 Å². The summed E-state index contributed by atoms with van der Waals surface area (Å²) in [5.41, 5.74) is 0. The van der Waals surface area contributed by atoms with Crippen LogP contribution >= 0.6 is 0 Å². The SMILES string of the molecule is CC1CN(C2CC([I-]O)C(CO)O2)C(=O)NC1=O. The van der Waals surface area contributed by atoms with Crippen LogP contribution in [-0.2, 0) is 9.53 Å². The van der Waals surface area contributed by atoms with E-state index in [4.69, 9.17) is 9.84 Å². The zero-order valence-corrected chi connectivity index (χ0v) is 12.0. The first-order valence-electron chi connectivity index (χ1n) is 5.71. The number of urea groups is 1. The van der Waals surface area contributed by atoms with Crippen LogP contribution in [0.25, 0.3) is 0 Å². The van der Waals surface area contributed by atoms with E-state index in [2.05, 4.69) is 5.32 Å². The first-order chi connectivity index (χ1) is 8.56. The zero-order chi connectivity index (χ0) is 13.3. The Morgan fingerprint density at radius 3 is 2.83 bits per heavy atom. The van der Waals surface area contributed by atoms with E-state index in [0.29, 0.717) is 13.0 Å². The standard InChI is InChI=1S/C10H16IN2O5/c1-5-3-13(10(16)12-9(5)15)8-2-6(11-17)7(4-14)18-8/h5-8,14,17H,2-4H2,1H3,(H,12,15,16)/q-1. The molecule has 2 rings (SSSR count). The van der Waals surface area contributed by atoms with Crippen LogP contribution in [0.4, 0.5) is 4.79 Å². The summed E-state index contributed by atoms with van der Waals surface area (Å²) < 4.78 is 14.8. The van der Waals surface area contributed by atoms with Crippen LogP contribution in [0.1, 0.15) is 13.3 Å². The van der Waals surface area contributed by atoms with Gasteiger partial charge in [0.05, 0.1) is 0 Å². The van der Waals surface area contributed by atoms with E-state index in [1.54, 1.807) is 6.92 Å². The molecule has 0 aromatic heterocycles. The summed E-state index contributed by atoms with van der Waals surface area (Å²) in [4.78, 5) is 24.5. The van der Waals surface area contributed by atoms with Crippen LogP contribution in [0.3, 0.4) is 0 Å². The zero-order valence-electron chi connectivity index (χ0n) is 9.88. The number of amides is 3. The Hall–Kier alpha value is -0.450. The van der Waals surface area contributed by atoms with Crippen LogP contribution in [0.15, 0.2) is 0 Å². The van der Waals surface area contributed by atoms with Crippen molar-refractivity contribution in [2.45, 2.75) is 29.6 Å². The molecular formula is C10H16IN2O5-. The van der Waals surface area contributed by atoms with Crippen molar-refractivity contribution >= 4 is 11.9 Å². The Kier molecular flexibility index (Phi) is 4.41. The number of alkyl halides is 1. The first-order valence-corrected chi connectivity index (χ1v) is 7.92. The number of carbonyl (C=O) groups excluding carboxylic acids is 2. The van der Waals surface area contributed by atoms with Gasteiger partial charge in [0.2, 0.25) is 0 Å². The van der Waals surface area contributed by atoms with Gasteiger partial charge in [-0.2, -0.15) is 0 Å². The van der Waals surface area contributed by atoms with Crippen molar-refractivity contribution in [1.29, 1.82) is 0 Å². The van der Waals surface area contributed by atoms with E-state index >= 15 is 0 Å². The van der Waals surface area contributed by atoms with E-state index in [9.17, 15) is 13.0 Å². The Labute approximate surface area is 115 Å². The molecule has 0 bridgehead atoms. The molecule has 0 aromatic rings. The van der Waals surface area contributed by atoms with Gasteiger partial charge in [-0.15, -0.1) is 0 Å². The van der Waals surface area contributed by atoms with Gasteiger partial charge in [0.15, 0.2) is 0 Å². The third-order valence-corrected chi connectivity index (χ3v) is 5.25. The second-order valence-electron chi connectivity index (χ2n) is 4.51. The molecule has 2 heterocycles. The molecule has 2 saturated heterocycles. The van der Waals surface area contributed by atoms with E-state index < -0.39 is 40.0 Å². The molecule has 4 unspecified atom stereocenters. The number of hydrogen-bond acceptors (Lipinski definition) is 5. The fourth-order valence-electron chi connectivity index (χ4n) is 2.16. The molecule has 2 aliphatic rings. The number of ether oxygens (including phenoxy) is 1. The summed E-state index contributed by atoms with van der Waals surface area (Å²) in [5.74, 6) is -0.555. The van der Waals surface area contributed by atoms with E-state index in [0.717, 1.165) is 0 Å². The molecule has 8 heteroatoms. The Morgan fingerprint density at radius 2 is 2.28 bits per heavy atom. The van der Waals surface area contributed by atoms with Gasteiger partial charge in [0.25, 0.3) is 0 Å². The third-order valence-electron chi connectivity index (χ3n) is 3.22. The number of nitrogens with one attached hydrogen (secondary N) is 1. The predicted molar refractivity (Wildman–Crippen MR) is 55.8 cm³/mol. The molecule has 0 saturated carbocycles. The van der Waals surface area contributed by atoms with Gasteiger partial charge in [-0.1, -0.05) is 0 Å². The molecule has 18 heavy (non-hydrogen) atoms. The summed E-state index contributed by atoms with van der Waals surface area (Å²) >= 11 is -1.04. The summed E-state index contributed by atoms with van der Waals surface area (Å²) in [6.07, 6.45) is -0.355. The second-order valence-corrected chi connectivity index (χ2v) is 6.67. The van der Waals surface area contributed by atoms with Crippen molar-refractivity contribution < 1.29 is 44.5 Å². The third kappa shape index (κ3) is 2.60. The number of imide groups is 1. The molecule has 2 aliphatic heterocycles. The van der Waals surface area contributed by atoms with E-state index in [1.165, 1.54) is 4.90 Å². The van der Waals surface area contributed by atoms with Crippen molar-refractivity contribution in [1.82, 2.24) is 10.2 Å². The van der Waals surface area contributed by atoms with E-state index in [1.807, 2.05) is 0 Å². The number of rotatable bonds is 3. The van der Waals surface area contributed by atoms with Crippen LogP contribution in [-0.4, -0.2) is 54.8 Å². The minimum atomic E-state index is -1.04. The Balaban J connectivity index is 2.04. The summed E-state index contributed by atoms with van der Waals surface area (Å²) in [5, 5.41) is 11.4. The first kappa shape index (κ1) is 14.0. The van der Waals surface area contributed by atoms with Gasteiger partial charge in [0.1, 0.15) is 0 Å². The van der Waals surface area contributed by atoms with Crippen molar-refractivity contribution in [2.24, 2.45) is 5.92 Å². The van der Waals surface area contributed by atoms with Crippen molar-refractivity contribution in [3.05, 3.63) is 0 Å². The van der Waals surface area contributed by atoms with Crippen LogP contribution < -0.4 is 26.9 Å². The normalized spacial score (nSPS) is 37.2. The van der Waals surface area contributed by atoms with Crippen molar-refractivity contribution in [2.75, 3.05) is 13.2 Å². The molecule has 0 aliphatic carbocycles. The van der Waals surface area contributed by atoms with Gasteiger partial charge in [-0.05, 0) is 0 Å². The molecule has 3 N–H and O–H groups in total. The monoisotopic (exact) mass is 371 g/mol. The second kappa shape index (κ2) is 5.68. The number of nitrogens with zero attached hydrogens (tertiary/aromatic N) is 1. The molecule has 0 spiro atoms. The summed E-state index contributed by atoms with van der Waals surface area (Å²) in [6.45, 7) is 1.89. The average molecular weight is 371 g/mol. The number of aliphatic hydroxyl groups is 1. The van der Waals surface area contributed by atoms with Gasteiger partial charge >= 0.3 is 115 Å². The van der Waals surface area contributed by atoms with Gasteiger partial charge < -0.3 is 0 Å². The number of carbonyl (C=O) groups is 2. The minimum absolute atomic E-state index is 0.0699. The number of hydrogen-bond donors (Lipinski definition) is 3. The van der Waals surface area contributed by atoms with Crippen LogP contribution in [0.2, 0.25) is 0 Å². The van der Waals surface area contributed by atoms with Gasteiger partial charge in [-0.25, -0.2) is 0 Å². The fourth-order valence-corrected chi connectivity index (χ4v) is 3.58. The molecule has 104 valence electrons. The quantitative estimate of drug-likeness (QED) is 0.344. The molecule has 2 fully saturated rings. The molecule has 0 aromatic carbocycles. The van der Waals surface area contributed by atoms with Gasteiger partial charge in [-0.3, -0.25) is 0 Å². The molecule has 0 radical (unpaired) electrons. The molecule has 7 nitrogen and oxygen atoms in total. The molecule has 3 amide bonds. The maximum atomic E-state index is 11.7. The van der Waals surface area contributed by atoms with Crippen LogP contribution in [0, 0.1) is 5.92 Å². The molecule has 4 atom stereocenters. The molecular weight excluding hydrogens is 355 g/mol. The summed E-state index contributed by atoms with van der Waals surface area (Å²) in [6, 6.07) is -0.462. The topological polar surface area (TPSA) is 99.1 Å². The summed E-state index contributed by atoms with van der Waals surface area (Å²) in [7, 11) is 0. The average Bonchev–Trinajstić information content (AvgIpc) is 2.76. The number of aliphatic hydroxyl groups excluding tert-OH is 1. The predicted octanol–water partition coefficient (Wildman–Crippen LogP) is -4.35. The van der Waals surface area contributed by atoms with E-state index in [-0.39, 0.29) is 22.4 Å². The van der Waals surface area contributed by atoms with Crippen molar-refractivity contribution in [3.8, 4) is 0 Å². The van der Waals surface area contributed by atoms with Crippen LogP contribution in [0.5, 0.6) is 0 Å². The Morgan fingerprint density at radius 1 is 1.56 bits per heavy atom. The maximum absolute atomic E-state index is 11.7. The number of halogens is 1. The Bertz CT molecular complexity index is 341. The fraction of sp³-hybridized carbons (Fsp3) is 0.800.